The van der Waals surface area contributed by atoms with Crippen LogP contribution in [0.1, 0.15) is 32.8 Å². The van der Waals surface area contributed by atoms with Crippen LogP contribution in [0.2, 0.25) is 18.1 Å². The maximum Gasteiger partial charge on any atom is 0.244 e. The Kier molecular flexibility index (Phi) is 6.07. The number of rotatable bonds is 5. The molecule has 2 aromatic rings. The number of sulfonamides is 1. The summed E-state index contributed by atoms with van der Waals surface area (Å²) in [4.78, 5) is 2.28. The highest BCUT2D eigenvalue weighted by Gasteiger charge is 2.63. The zero-order valence-corrected chi connectivity index (χ0v) is 21.7. The smallest absolute Gasteiger partial charge is 0.244 e. The summed E-state index contributed by atoms with van der Waals surface area (Å²) in [6.45, 7) is 13.5. The van der Waals surface area contributed by atoms with Gasteiger partial charge in [-0.15, -0.1) is 0 Å². The van der Waals surface area contributed by atoms with E-state index in [2.05, 4.69) is 50.9 Å². The average molecular weight is 473 g/mol. The molecular weight excluding hydrogens is 436 g/mol. The molecule has 1 spiro atoms. The van der Waals surface area contributed by atoms with Crippen LogP contribution in [0, 0.1) is 0 Å². The third-order valence-electron chi connectivity index (χ3n) is 7.60. The summed E-state index contributed by atoms with van der Waals surface area (Å²) < 4.78 is 35.8. The summed E-state index contributed by atoms with van der Waals surface area (Å²) in [6, 6.07) is 19.8. The van der Waals surface area contributed by atoms with Gasteiger partial charge in [-0.25, -0.2) is 8.42 Å². The summed E-state index contributed by atoms with van der Waals surface area (Å²) in [5, 5.41) is 0.0143. The fourth-order valence-electron chi connectivity index (χ4n) is 4.65. The van der Waals surface area contributed by atoms with Gasteiger partial charge in [0.15, 0.2) is 8.32 Å². The van der Waals surface area contributed by atoms with Crippen LogP contribution in [-0.2, 0) is 21.0 Å². The first-order valence-electron chi connectivity index (χ1n) is 11.5. The van der Waals surface area contributed by atoms with Crippen molar-refractivity contribution in [3.63, 3.8) is 0 Å². The Morgan fingerprint density at radius 1 is 1.03 bits per heavy atom. The van der Waals surface area contributed by atoms with Gasteiger partial charge in [-0.1, -0.05) is 69.3 Å². The van der Waals surface area contributed by atoms with E-state index in [0.29, 0.717) is 19.5 Å². The predicted molar refractivity (Wildman–Crippen MR) is 134 cm³/mol. The van der Waals surface area contributed by atoms with E-state index in [1.54, 1.807) is 4.31 Å². The molecule has 0 aromatic heterocycles. The van der Waals surface area contributed by atoms with Crippen molar-refractivity contribution >= 4 is 24.0 Å². The lowest BCUT2D eigenvalue weighted by Crippen LogP contribution is -2.54. The number of benzene rings is 2. The van der Waals surface area contributed by atoms with Gasteiger partial charge in [0, 0.05) is 19.6 Å². The molecule has 2 heterocycles. The Morgan fingerprint density at radius 3 is 2.22 bits per heavy atom. The van der Waals surface area contributed by atoms with E-state index in [-0.39, 0.29) is 11.1 Å². The van der Waals surface area contributed by atoms with Crippen molar-refractivity contribution in [3.8, 4) is 0 Å². The van der Waals surface area contributed by atoms with Crippen LogP contribution in [0.25, 0.3) is 0 Å². The van der Waals surface area contributed by atoms with Crippen molar-refractivity contribution < 1.29 is 12.8 Å². The zero-order chi connectivity index (χ0) is 23.2. The van der Waals surface area contributed by atoms with Crippen LogP contribution >= 0.6 is 0 Å². The van der Waals surface area contributed by atoms with Gasteiger partial charge in [0.1, 0.15) is 4.75 Å². The van der Waals surface area contributed by atoms with E-state index in [1.807, 2.05) is 48.5 Å². The minimum Gasteiger partial charge on any atom is -0.410 e. The van der Waals surface area contributed by atoms with Crippen molar-refractivity contribution in [1.29, 1.82) is 0 Å². The molecule has 7 heteroatoms. The minimum atomic E-state index is -3.58. The second kappa shape index (κ2) is 8.28. The summed E-state index contributed by atoms with van der Waals surface area (Å²) in [6.07, 6.45) is 0.263. The van der Waals surface area contributed by atoms with Crippen LogP contribution in [0.4, 0.5) is 5.69 Å². The van der Waals surface area contributed by atoms with Gasteiger partial charge in [0.05, 0.1) is 18.3 Å². The molecular formula is C25H36N2O3SSi. The fourth-order valence-corrected chi connectivity index (χ4v) is 8.42. The zero-order valence-electron chi connectivity index (χ0n) is 19.9. The van der Waals surface area contributed by atoms with Crippen LogP contribution in [-0.4, -0.2) is 52.1 Å². The normalized spacial score (nSPS) is 26.2. The number of hydrogen-bond donors (Lipinski definition) is 0. The van der Waals surface area contributed by atoms with Crippen molar-refractivity contribution in [2.75, 3.05) is 23.9 Å². The van der Waals surface area contributed by atoms with E-state index in [0.717, 1.165) is 18.8 Å². The van der Waals surface area contributed by atoms with Crippen LogP contribution in [0.15, 0.2) is 60.7 Å². The third-order valence-corrected chi connectivity index (χ3v) is 14.7. The van der Waals surface area contributed by atoms with E-state index >= 15 is 0 Å². The molecule has 2 aromatic carbocycles. The monoisotopic (exact) mass is 472 g/mol. The molecule has 5 nitrogen and oxygen atoms in total. The van der Waals surface area contributed by atoms with Gasteiger partial charge in [-0.3, -0.25) is 9.21 Å². The van der Waals surface area contributed by atoms with Crippen LogP contribution in [0.3, 0.4) is 0 Å². The Balaban J connectivity index is 1.69. The number of likely N-dealkylation sites (tertiary alicyclic amines) is 1. The molecule has 32 heavy (non-hydrogen) atoms. The van der Waals surface area contributed by atoms with E-state index in [1.165, 1.54) is 5.56 Å². The van der Waals surface area contributed by atoms with Crippen molar-refractivity contribution in [2.45, 2.75) is 62.7 Å². The third kappa shape index (κ3) is 4.04. The molecule has 2 aliphatic heterocycles. The molecule has 0 aliphatic carbocycles. The van der Waals surface area contributed by atoms with E-state index in [9.17, 15) is 8.42 Å². The lowest BCUT2D eigenvalue weighted by Gasteiger charge is -2.41. The maximum atomic E-state index is 14.1. The van der Waals surface area contributed by atoms with Crippen LogP contribution in [0.5, 0.6) is 0 Å². The molecule has 2 fully saturated rings. The number of hydrogen-bond acceptors (Lipinski definition) is 4. The first-order chi connectivity index (χ1) is 15.0. The van der Waals surface area contributed by atoms with E-state index in [4.69, 9.17) is 4.43 Å². The SMILES string of the molecule is CC(C)(C)[Si](C)(C)O[C@H]1CN(c2ccccc2)S(=O)(=O)[C@@]12CCN(Cc1ccccc1)C2. The first kappa shape index (κ1) is 23.5. The molecule has 0 N–H and O–H groups in total. The highest BCUT2D eigenvalue weighted by molar-refractivity contribution is 7.94. The topological polar surface area (TPSA) is 49.9 Å². The molecule has 0 radical (unpaired) electrons. The largest absolute Gasteiger partial charge is 0.410 e. The highest BCUT2D eigenvalue weighted by atomic mass is 32.2. The second-order valence-corrected chi connectivity index (χ2v) is 17.7. The molecule has 4 rings (SSSR count). The summed E-state index contributed by atoms with van der Waals surface area (Å²) in [7, 11) is -5.75. The molecule has 2 aliphatic rings. The van der Waals surface area contributed by atoms with Crippen molar-refractivity contribution in [1.82, 2.24) is 4.90 Å². The average Bonchev–Trinajstić information content (AvgIpc) is 3.24. The molecule has 2 saturated heterocycles. The van der Waals surface area contributed by atoms with Gasteiger partial charge in [-0.05, 0) is 42.2 Å². The quantitative estimate of drug-likeness (QED) is 0.583. The van der Waals surface area contributed by atoms with Gasteiger partial charge < -0.3 is 4.43 Å². The van der Waals surface area contributed by atoms with Gasteiger partial charge in [0.2, 0.25) is 10.0 Å². The molecule has 174 valence electrons. The molecule has 0 bridgehead atoms. The lowest BCUT2D eigenvalue weighted by atomic mass is 10.0. The highest BCUT2D eigenvalue weighted by Crippen LogP contribution is 2.47. The molecule has 0 saturated carbocycles. The Labute approximate surface area is 194 Å². The first-order valence-corrected chi connectivity index (χ1v) is 15.8. The van der Waals surface area contributed by atoms with Gasteiger partial charge >= 0.3 is 0 Å². The van der Waals surface area contributed by atoms with Crippen molar-refractivity contribution in [3.05, 3.63) is 66.2 Å². The van der Waals surface area contributed by atoms with Crippen LogP contribution < -0.4 is 4.31 Å². The fraction of sp³-hybridized carbons (Fsp3) is 0.520. The Hall–Kier alpha value is -1.67. The summed E-state index contributed by atoms with van der Waals surface area (Å²) >= 11 is 0. The molecule has 2 atom stereocenters. The number of para-hydroxylation sites is 1. The predicted octanol–water partition coefficient (Wildman–Crippen LogP) is 4.87. The van der Waals surface area contributed by atoms with Gasteiger partial charge in [-0.2, -0.15) is 0 Å². The van der Waals surface area contributed by atoms with Gasteiger partial charge in [0.25, 0.3) is 0 Å². The Bertz CT molecular complexity index is 1040. The second-order valence-electron chi connectivity index (χ2n) is 10.7. The standard InChI is InChI=1S/C25H36N2O3SSi/c1-24(2,3)32(4,5)30-23-19-27(22-14-10-7-11-15-22)31(28,29)25(23)16-17-26(20-25)18-21-12-8-6-9-13-21/h6-15,23H,16-20H2,1-5H3/t23-,25+/m0/s1. The minimum absolute atomic E-state index is 0.0143. The van der Waals surface area contributed by atoms with Crippen molar-refractivity contribution in [2.24, 2.45) is 0 Å². The van der Waals surface area contributed by atoms with E-state index < -0.39 is 23.1 Å². The Morgan fingerprint density at radius 2 is 1.62 bits per heavy atom. The molecule has 0 unspecified atom stereocenters. The number of nitrogens with zero attached hydrogens (tertiary/aromatic N) is 2. The maximum absolute atomic E-state index is 14.1. The molecule has 0 amide bonds. The summed E-state index contributed by atoms with van der Waals surface area (Å²) in [5.41, 5.74) is 1.94. The number of anilines is 1. The summed E-state index contributed by atoms with van der Waals surface area (Å²) in [5.74, 6) is 0. The lowest BCUT2D eigenvalue weighted by molar-refractivity contribution is 0.150.